The number of halogens is 5. The van der Waals surface area contributed by atoms with Crippen molar-refractivity contribution in [3.05, 3.63) is 94.1 Å². The number of rotatable bonds is 10. The molecule has 4 rings (SSSR count). The van der Waals surface area contributed by atoms with Crippen LogP contribution in [-0.2, 0) is 11.4 Å². The summed E-state index contributed by atoms with van der Waals surface area (Å²) in [5.41, 5.74) is 2.58. The van der Waals surface area contributed by atoms with Crippen molar-refractivity contribution >= 4 is 40.8 Å². The van der Waals surface area contributed by atoms with E-state index >= 15 is 0 Å². The van der Waals surface area contributed by atoms with Gasteiger partial charge in [0.05, 0.1) is 17.7 Å². The molecule has 0 spiro atoms. The fourth-order valence-corrected chi connectivity index (χ4v) is 4.09. The van der Waals surface area contributed by atoms with Crippen LogP contribution >= 0.6 is 23.2 Å². The van der Waals surface area contributed by atoms with E-state index in [9.17, 15) is 22.8 Å². The third-order valence-electron chi connectivity index (χ3n) is 5.64. The summed E-state index contributed by atoms with van der Waals surface area (Å²) in [5.74, 6) is -1.62. The Kier molecular flexibility index (Phi) is 10.8. The fourth-order valence-electron chi connectivity index (χ4n) is 3.71. The Morgan fingerprint density at radius 2 is 1.74 bits per heavy atom. The van der Waals surface area contributed by atoms with Crippen molar-refractivity contribution in [2.45, 2.75) is 33.2 Å². The largest absolute Gasteiger partial charge is 0.573 e. The van der Waals surface area contributed by atoms with Crippen molar-refractivity contribution in [3.8, 4) is 22.8 Å². The van der Waals surface area contributed by atoms with Gasteiger partial charge in [0.15, 0.2) is 0 Å². The van der Waals surface area contributed by atoms with Crippen LogP contribution in [0.5, 0.6) is 11.6 Å². The normalized spacial score (nSPS) is 13.1. The average Bonchev–Trinajstić information content (AvgIpc) is 3.26. The van der Waals surface area contributed by atoms with Crippen molar-refractivity contribution in [3.63, 3.8) is 0 Å². The standard InChI is InChI=1S/C28H22Cl2F3N3O5.CH4/c29-20-7-8-21(30)14-22(13-20)36-15-24(18-5-9-23(10-6-18)41-28(31,32)33)27(35-36)40-16-17-1-3-19(4-2-17)26(39)34-12-11-25(37)38;/h1-7,9-10,13-15H,8,11-12,16H2,(H,34,39)(H,37,38);1H4. The lowest BCUT2D eigenvalue weighted by atomic mass is 10.1. The molecule has 1 amide bonds. The highest BCUT2D eigenvalue weighted by Gasteiger charge is 2.31. The molecule has 0 saturated heterocycles. The Bertz CT molecular complexity index is 1510. The molecule has 13 heteroatoms. The average molecular weight is 624 g/mol. The lowest BCUT2D eigenvalue weighted by Gasteiger charge is -2.10. The van der Waals surface area contributed by atoms with E-state index in [1.54, 1.807) is 48.7 Å². The molecular formula is C29H26Cl2F3N3O5. The Morgan fingerprint density at radius 3 is 2.38 bits per heavy atom. The number of carboxylic acids is 1. The van der Waals surface area contributed by atoms with Gasteiger partial charge in [-0.2, -0.15) is 0 Å². The zero-order valence-corrected chi connectivity index (χ0v) is 22.6. The first-order chi connectivity index (χ1) is 19.5. The number of nitrogens with zero attached hydrogens (tertiary/aromatic N) is 2. The number of aliphatic carboxylic acids is 1. The van der Waals surface area contributed by atoms with E-state index in [0.717, 1.165) is 0 Å². The zero-order valence-electron chi connectivity index (χ0n) is 21.1. The van der Waals surface area contributed by atoms with E-state index in [1.165, 1.54) is 28.9 Å². The van der Waals surface area contributed by atoms with E-state index in [1.807, 2.05) is 0 Å². The molecule has 0 saturated carbocycles. The lowest BCUT2D eigenvalue weighted by Crippen LogP contribution is -2.25. The van der Waals surface area contributed by atoms with Gasteiger partial charge in [0.25, 0.3) is 5.91 Å². The van der Waals surface area contributed by atoms with Crippen molar-refractivity contribution < 1.29 is 37.3 Å². The third kappa shape index (κ3) is 9.15. The van der Waals surface area contributed by atoms with Crippen LogP contribution in [0.25, 0.3) is 16.8 Å². The van der Waals surface area contributed by atoms with Crippen molar-refractivity contribution in [2.75, 3.05) is 6.54 Å². The monoisotopic (exact) mass is 623 g/mol. The zero-order chi connectivity index (χ0) is 29.6. The van der Waals surface area contributed by atoms with E-state index < -0.39 is 18.2 Å². The van der Waals surface area contributed by atoms with Crippen LogP contribution in [0.15, 0.2) is 83.0 Å². The van der Waals surface area contributed by atoms with E-state index in [2.05, 4.69) is 15.2 Å². The maximum absolute atomic E-state index is 12.6. The molecule has 0 atom stereocenters. The highest BCUT2D eigenvalue weighted by atomic mass is 35.5. The number of allylic oxidation sites excluding steroid dienone is 6. The minimum atomic E-state index is -4.82. The van der Waals surface area contributed by atoms with Gasteiger partial charge in [-0.3, -0.25) is 9.59 Å². The molecule has 0 fully saturated rings. The number of amides is 1. The molecule has 0 aliphatic heterocycles. The number of hydrogen-bond acceptors (Lipinski definition) is 5. The molecule has 222 valence electrons. The summed E-state index contributed by atoms with van der Waals surface area (Å²) in [6.07, 6.45) is 2.16. The summed E-state index contributed by atoms with van der Waals surface area (Å²) in [6.45, 7) is 0.0576. The molecule has 2 N–H and O–H groups in total. The lowest BCUT2D eigenvalue weighted by molar-refractivity contribution is -0.274. The van der Waals surface area contributed by atoms with Gasteiger partial charge in [-0.25, -0.2) is 4.68 Å². The maximum Gasteiger partial charge on any atom is 0.573 e. The fraction of sp³-hybridized carbons (Fsp3) is 0.207. The molecule has 1 heterocycles. The summed E-state index contributed by atoms with van der Waals surface area (Å²) in [5, 5.41) is 16.7. The van der Waals surface area contributed by atoms with Crippen LogP contribution in [0.3, 0.4) is 0 Å². The number of aromatic nitrogens is 2. The molecule has 1 aromatic heterocycles. The van der Waals surface area contributed by atoms with Gasteiger partial charge in [0.2, 0.25) is 5.88 Å². The minimum absolute atomic E-state index is 0. The van der Waals surface area contributed by atoms with Crippen LogP contribution < -0.4 is 14.8 Å². The number of nitrogens with one attached hydrogen (secondary N) is 1. The molecular weight excluding hydrogens is 598 g/mol. The molecule has 8 nitrogen and oxygen atoms in total. The van der Waals surface area contributed by atoms with Gasteiger partial charge in [-0.15, -0.1) is 18.3 Å². The second-order valence-electron chi connectivity index (χ2n) is 8.70. The number of carboxylic acid groups (broad SMARTS) is 1. The molecule has 42 heavy (non-hydrogen) atoms. The van der Waals surface area contributed by atoms with Crippen LogP contribution in [0.4, 0.5) is 13.2 Å². The van der Waals surface area contributed by atoms with Crippen molar-refractivity contribution in [1.82, 2.24) is 15.1 Å². The first-order valence-corrected chi connectivity index (χ1v) is 12.8. The number of carbonyl (C=O) groups is 2. The van der Waals surface area contributed by atoms with Gasteiger partial charge >= 0.3 is 12.3 Å². The first kappa shape index (κ1) is 32.3. The smallest absolute Gasteiger partial charge is 0.481 e. The molecule has 0 bridgehead atoms. The van der Waals surface area contributed by atoms with Gasteiger partial charge < -0.3 is 19.9 Å². The molecule has 2 aromatic carbocycles. The number of ether oxygens (including phenoxy) is 2. The summed E-state index contributed by atoms with van der Waals surface area (Å²) in [6, 6.07) is 11.8. The van der Waals surface area contributed by atoms with Gasteiger partial charge in [-0.05, 0) is 47.5 Å². The van der Waals surface area contributed by atoms with Crippen LogP contribution in [-0.4, -0.2) is 39.7 Å². The minimum Gasteiger partial charge on any atom is -0.481 e. The highest BCUT2D eigenvalue weighted by molar-refractivity contribution is 6.33. The summed E-state index contributed by atoms with van der Waals surface area (Å²) in [7, 11) is 0. The number of hydrogen-bond donors (Lipinski definition) is 2. The molecule has 0 radical (unpaired) electrons. The third-order valence-corrected chi connectivity index (χ3v) is 6.17. The predicted molar refractivity (Wildman–Crippen MR) is 153 cm³/mol. The van der Waals surface area contributed by atoms with E-state index in [-0.39, 0.29) is 38.6 Å². The second-order valence-corrected chi connectivity index (χ2v) is 9.63. The van der Waals surface area contributed by atoms with E-state index in [4.69, 9.17) is 33.0 Å². The molecule has 1 aliphatic rings. The van der Waals surface area contributed by atoms with Gasteiger partial charge in [-0.1, -0.05) is 61.0 Å². The van der Waals surface area contributed by atoms with Crippen LogP contribution in [0, 0.1) is 0 Å². The topological polar surface area (TPSA) is 103 Å². The maximum atomic E-state index is 12.6. The van der Waals surface area contributed by atoms with Gasteiger partial charge in [0, 0.05) is 34.8 Å². The quantitative estimate of drug-likeness (QED) is 0.245. The number of alkyl halides is 3. The van der Waals surface area contributed by atoms with Crippen LogP contribution in [0.2, 0.25) is 0 Å². The summed E-state index contributed by atoms with van der Waals surface area (Å²) in [4.78, 5) is 22.8. The van der Waals surface area contributed by atoms with Crippen molar-refractivity contribution in [2.24, 2.45) is 0 Å². The molecule has 3 aromatic rings. The number of carbonyl (C=O) groups excluding carboxylic acids is 1. The summed E-state index contributed by atoms with van der Waals surface area (Å²) < 4.78 is 49.3. The SMILES string of the molecule is C.O=C(O)CCNC(=O)c1ccc(COc2nn(C3=CC(Cl)=CCC(Cl)=C3)cc2-c2ccc(OC(F)(F)F)cc2)cc1. The predicted octanol–water partition coefficient (Wildman–Crippen LogP) is 7.36. The molecule has 0 unspecified atom stereocenters. The molecule has 1 aliphatic carbocycles. The highest BCUT2D eigenvalue weighted by Crippen LogP contribution is 2.34. The Labute approximate surface area is 249 Å². The summed E-state index contributed by atoms with van der Waals surface area (Å²) >= 11 is 12.5. The second kappa shape index (κ2) is 14.1. The Balaban J connectivity index is 0.00000484. The van der Waals surface area contributed by atoms with Crippen molar-refractivity contribution in [1.29, 1.82) is 0 Å². The first-order valence-electron chi connectivity index (χ1n) is 12.1. The van der Waals surface area contributed by atoms with Gasteiger partial charge in [0.1, 0.15) is 12.4 Å². The number of benzene rings is 2. The van der Waals surface area contributed by atoms with E-state index in [0.29, 0.717) is 44.4 Å². The Morgan fingerprint density at radius 1 is 1.05 bits per heavy atom. The Hall–Kier alpha value is -4.22. The van der Waals surface area contributed by atoms with Crippen LogP contribution in [0.1, 0.15) is 36.2 Å².